The summed E-state index contributed by atoms with van der Waals surface area (Å²) in [4.78, 5) is 13.1. The first-order valence-corrected chi connectivity index (χ1v) is 26.2. The smallest absolute Gasteiger partial charge is 0.220 e. The summed E-state index contributed by atoms with van der Waals surface area (Å²) in [5.74, 6) is -0.172. The van der Waals surface area contributed by atoms with Gasteiger partial charge < -0.3 is 40.7 Å². The largest absolute Gasteiger partial charge is 0.394 e. The lowest BCUT2D eigenvalue weighted by Gasteiger charge is -2.40. The summed E-state index contributed by atoms with van der Waals surface area (Å²) in [6.07, 6.45) is 37.6. The second-order valence-corrected chi connectivity index (χ2v) is 18.9. The van der Waals surface area contributed by atoms with Gasteiger partial charge in [0.1, 0.15) is 24.4 Å². The Morgan fingerprint density at radius 1 is 0.467 bits per heavy atom. The Labute approximate surface area is 370 Å². The summed E-state index contributed by atoms with van der Waals surface area (Å²) in [5.41, 5.74) is 0. The van der Waals surface area contributed by atoms with Crippen LogP contribution in [0.2, 0.25) is 0 Å². The third-order valence-electron chi connectivity index (χ3n) is 13.3. The fourth-order valence-electron chi connectivity index (χ4n) is 9.07. The number of carbonyl (C=O) groups is 1. The van der Waals surface area contributed by atoms with Crippen LogP contribution in [0.1, 0.15) is 264 Å². The van der Waals surface area contributed by atoms with E-state index >= 15 is 0 Å². The molecular formula is C51H101NO8. The maximum atomic E-state index is 13.1. The van der Waals surface area contributed by atoms with Crippen molar-refractivity contribution in [3.05, 3.63) is 0 Å². The topological polar surface area (TPSA) is 160 Å². The van der Waals surface area contributed by atoms with Gasteiger partial charge in [0, 0.05) is 6.42 Å². The molecule has 0 saturated carbocycles. The molecule has 0 radical (unpaired) electrons. The van der Waals surface area contributed by atoms with Crippen molar-refractivity contribution in [2.24, 2.45) is 0 Å². The van der Waals surface area contributed by atoms with Gasteiger partial charge >= 0.3 is 0 Å². The summed E-state index contributed by atoms with van der Waals surface area (Å²) >= 11 is 0. The Kier molecular flexibility index (Phi) is 39.0. The number of carbonyl (C=O) groups excluding carboxylic acids is 1. The van der Waals surface area contributed by atoms with Gasteiger partial charge in [0.05, 0.1) is 31.0 Å². The van der Waals surface area contributed by atoms with E-state index in [2.05, 4.69) is 19.2 Å². The van der Waals surface area contributed by atoms with Crippen molar-refractivity contribution in [2.75, 3.05) is 6.61 Å². The van der Waals surface area contributed by atoms with Crippen LogP contribution in [-0.2, 0) is 9.53 Å². The van der Waals surface area contributed by atoms with E-state index in [-0.39, 0.29) is 18.7 Å². The number of unbranched alkanes of at least 4 members (excludes halogenated alkanes) is 33. The van der Waals surface area contributed by atoms with Gasteiger partial charge in [0.2, 0.25) is 5.91 Å². The van der Waals surface area contributed by atoms with Crippen molar-refractivity contribution in [1.29, 1.82) is 0 Å². The molecule has 0 aromatic rings. The predicted octanol–water partition coefficient (Wildman–Crippen LogP) is 11.3. The van der Waals surface area contributed by atoms with Crippen molar-refractivity contribution < 1.29 is 40.2 Å². The zero-order valence-electron chi connectivity index (χ0n) is 39.4. The number of rotatable bonds is 44. The van der Waals surface area contributed by atoms with Crippen molar-refractivity contribution in [2.45, 2.75) is 313 Å². The molecule has 9 nitrogen and oxygen atoms in total. The van der Waals surface area contributed by atoms with Gasteiger partial charge in [-0.1, -0.05) is 232 Å². The maximum absolute atomic E-state index is 13.1. The van der Waals surface area contributed by atoms with Gasteiger partial charge in [-0.15, -0.1) is 0 Å². The molecule has 358 valence electrons. The Morgan fingerprint density at radius 2 is 0.800 bits per heavy atom. The molecule has 1 rings (SSSR count). The lowest BCUT2D eigenvalue weighted by atomic mass is 9.90. The number of aliphatic hydroxyl groups is 6. The van der Waals surface area contributed by atoms with Crippen LogP contribution in [-0.4, -0.2) is 91.9 Å². The first-order valence-electron chi connectivity index (χ1n) is 26.2. The summed E-state index contributed by atoms with van der Waals surface area (Å²) < 4.78 is 5.69. The summed E-state index contributed by atoms with van der Waals surface area (Å²) in [7, 11) is 0. The highest BCUT2D eigenvalue weighted by atomic mass is 16.5. The average Bonchev–Trinajstić information content (AvgIpc) is 3.25. The highest BCUT2D eigenvalue weighted by Crippen LogP contribution is 2.26. The van der Waals surface area contributed by atoms with Gasteiger partial charge in [0.25, 0.3) is 0 Å². The number of hydrogen-bond acceptors (Lipinski definition) is 8. The number of amides is 1. The molecular weight excluding hydrogens is 755 g/mol. The Balaban J connectivity index is 2.26. The monoisotopic (exact) mass is 856 g/mol. The van der Waals surface area contributed by atoms with E-state index in [1.54, 1.807) is 0 Å². The molecule has 7 N–H and O–H groups in total. The number of aliphatic hydroxyl groups excluding tert-OH is 6. The lowest BCUT2D eigenvalue weighted by molar-refractivity contribution is -0.231. The van der Waals surface area contributed by atoms with Crippen LogP contribution >= 0.6 is 0 Å². The molecule has 1 fully saturated rings. The fraction of sp³-hybridized carbons (Fsp3) is 0.980. The molecule has 1 heterocycles. The molecule has 8 atom stereocenters. The molecule has 1 aliphatic rings. The molecule has 1 amide bonds. The number of ether oxygens (including phenoxy) is 1. The zero-order chi connectivity index (χ0) is 43.9. The summed E-state index contributed by atoms with van der Waals surface area (Å²) in [6, 6.07) is -0.762. The third kappa shape index (κ3) is 30.3. The molecule has 0 aromatic heterocycles. The van der Waals surface area contributed by atoms with Gasteiger partial charge in [-0.25, -0.2) is 0 Å². The molecule has 6 unspecified atom stereocenters. The van der Waals surface area contributed by atoms with Crippen molar-refractivity contribution in [1.82, 2.24) is 5.32 Å². The molecule has 60 heavy (non-hydrogen) atoms. The molecule has 1 aliphatic heterocycles. The van der Waals surface area contributed by atoms with Gasteiger partial charge in [-0.3, -0.25) is 4.79 Å². The first kappa shape index (κ1) is 57.2. The van der Waals surface area contributed by atoms with Gasteiger partial charge in [0.15, 0.2) is 0 Å². The van der Waals surface area contributed by atoms with E-state index in [9.17, 15) is 35.4 Å². The molecule has 0 spiro atoms. The zero-order valence-corrected chi connectivity index (χ0v) is 39.4. The van der Waals surface area contributed by atoms with Crippen LogP contribution in [0.3, 0.4) is 0 Å². The first-order chi connectivity index (χ1) is 29.3. The molecule has 1 saturated heterocycles. The third-order valence-corrected chi connectivity index (χ3v) is 13.3. The van der Waals surface area contributed by atoms with Crippen molar-refractivity contribution >= 4 is 5.91 Å². The van der Waals surface area contributed by atoms with Crippen molar-refractivity contribution in [3.63, 3.8) is 0 Å². The van der Waals surface area contributed by atoms with Crippen LogP contribution in [0.5, 0.6) is 0 Å². The number of nitrogens with one attached hydrogen (secondary N) is 1. The highest BCUT2D eigenvalue weighted by molar-refractivity contribution is 5.76. The van der Waals surface area contributed by atoms with E-state index in [1.165, 1.54) is 186 Å². The van der Waals surface area contributed by atoms with Gasteiger partial charge in [-0.05, 0) is 25.7 Å². The van der Waals surface area contributed by atoms with Crippen LogP contribution in [0.15, 0.2) is 0 Å². The minimum atomic E-state index is -1.48. The maximum Gasteiger partial charge on any atom is 0.220 e. The van der Waals surface area contributed by atoms with E-state index in [4.69, 9.17) is 4.74 Å². The van der Waals surface area contributed by atoms with Crippen molar-refractivity contribution in [3.8, 4) is 0 Å². The SMILES string of the molecule is CCCCCCCCCCCCCCCCCCCCCCCCCC(=O)NC(CC[C@@H]1OC(CO)[C@H](O)C(O)C1O)C(O)C(O)CCCCCCCCCCCCCC. The van der Waals surface area contributed by atoms with E-state index in [0.717, 1.165) is 38.5 Å². The molecule has 9 heteroatoms. The molecule has 0 aliphatic carbocycles. The normalized spacial score (nSPS) is 21.0. The Morgan fingerprint density at radius 3 is 1.17 bits per heavy atom. The Hall–Kier alpha value is -0.810. The summed E-state index contributed by atoms with van der Waals surface area (Å²) in [5, 5.41) is 65.8. The van der Waals surface area contributed by atoms with Crippen LogP contribution < -0.4 is 5.32 Å². The second-order valence-electron chi connectivity index (χ2n) is 18.9. The predicted molar refractivity (Wildman–Crippen MR) is 249 cm³/mol. The number of hydrogen-bond donors (Lipinski definition) is 7. The average molecular weight is 856 g/mol. The lowest BCUT2D eigenvalue weighted by Crippen LogP contribution is -2.59. The molecule has 0 bridgehead atoms. The quantitative estimate of drug-likeness (QED) is 0.0298. The van der Waals surface area contributed by atoms with Crippen LogP contribution in [0.25, 0.3) is 0 Å². The van der Waals surface area contributed by atoms with E-state index < -0.39 is 55.4 Å². The van der Waals surface area contributed by atoms with Crippen LogP contribution in [0, 0.1) is 0 Å². The van der Waals surface area contributed by atoms with E-state index in [0.29, 0.717) is 12.8 Å². The molecule has 0 aromatic carbocycles. The highest BCUT2D eigenvalue weighted by Gasteiger charge is 2.43. The Bertz CT molecular complexity index is 924. The minimum Gasteiger partial charge on any atom is -0.394 e. The fourth-order valence-corrected chi connectivity index (χ4v) is 9.07. The second kappa shape index (κ2) is 40.9. The van der Waals surface area contributed by atoms with Gasteiger partial charge in [-0.2, -0.15) is 0 Å². The summed E-state index contributed by atoms with van der Waals surface area (Å²) in [6.45, 7) is 4.02. The van der Waals surface area contributed by atoms with Crippen LogP contribution in [0.4, 0.5) is 0 Å². The van der Waals surface area contributed by atoms with E-state index in [1.807, 2.05) is 0 Å². The minimum absolute atomic E-state index is 0.161. The standard InChI is InChI=1S/C51H101NO8/c1-3-5-7-9-11-13-15-17-18-19-20-21-22-23-24-25-26-27-29-31-33-35-37-39-47(55)52-43(40-41-45-49(57)51(59)50(58)46(42-53)60-45)48(56)44(54)38-36-34-32-30-28-16-14-12-10-8-6-4-2/h43-46,48-51,53-54,56-59H,3-42H2,1-2H3,(H,52,55)/t43?,44?,45-,46?,48?,49?,50-,51?/m0/s1.